The Morgan fingerprint density at radius 2 is 1.33 bits per heavy atom. The largest absolute Gasteiger partial charge is 0.481 e. The van der Waals surface area contributed by atoms with E-state index in [0.29, 0.717) is 34.4 Å². The molecule has 0 spiro atoms. The van der Waals surface area contributed by atoms with Crippen molar-refractivity contribution in [3.05, 3.63) is 89.0 Å². The van der Waals surface area contributed by atoms with Crippen LogP contribution in [0.4, 0.5) is 32.0 Å². The van der Waals surface area contributed by atoms with Crippen LogP contribution in [0.5, 0.6) is 0 Å². The zero-order valence-electron chi connectivity index (χ0n) is 19.5. The third kappa shape index (κ3) is 7.02. The fraction of sp³-hybridized carbons (Fsp3) is 0.296. The molecule has 0 fully saturated rings. The summed E-state index contributed by atoms with van der Waals surface area (Å²) in [5, 5.41) is 12.9. The Hall–Kier alpha value is -3.49. The lowest BCUT2D eigenvalue weighted by molar-refractivity contribution is -0.139. The maximum atomic E-state index is 13.0. The van der Waals surface area contributed by atoms with E-state index in [-0.39, 0.29) is 12.5 Å². The van der Waals surface area contributed by atoms with Gasteiger partial charge in [0.25, 0.3) is 0 Å². The van der Waals surface area contributed by atoms with Gasteiger partial charge in [0.2, 0.25) is 0 Å². The molecule has 1 unspecified atom stereocenters. The summed E-state index contributed by atoms with van der Waals surface area (Å²) in [6.45, 7) is 3.94. The summed E-state index contributed by atoms with van der Waals surface area (Å²) < 4.78 is 77.4. The van der Waals surface area contributed by atoms with Crippen LogP contribution in [0.3, 0.4) is 0 Å². The number of aliphatic carboxylic acids is 1. The molecule has 3 aromatic carbocycles. The van der Waals surface area contributed by atoms with Gasteiger partial charge in [-0.05, 0) is 71.0 Å². The quantitative estimate of drug-likeness (QED) is 0.301. The predicted octanol–water partition coefficient (Wildman–Crippen LogP) is 8.22. The van der Waals surface area contributed by atoms with Gasteiger partial charge < -0.3 is 10.4 Å². The molecule has 3 rings (SSSR count). The van der Waals surface area contributed by atoms with Crippen LogP contribution < -0.4 is 5.32 Å². The molecule has 2 N–H and O–H groups in total. The fourth-order valence-electron chi connectivity index (χ4n) is 3.84. The molecule has 0 heterocycles. The van der Waals surface area contributed by atoms with Crippen LogP contribution in [0, 0.1) is 5.92 Å². The Kier molecular flexibility index (Phi) is 8.01. The lowest BCUT2D eigenvalue weighted by Gasteiger charge is -2.19. The van der Waals surface area contributed by atoms with E-state index in [1.165, 1.54) is 24.3 Å². The molecule has 9 heteroatoms. The number of carboxylic acids is 1. The maximum absolute atomic E-state index is 13.0. The van der Waals surface area contributed by atoms with Gasteiger partial charge in [-0.15, -0.1) is 0 Å². The minimum atomic E-state index is -4.49. The summed E-state index contributed by atoms with van der Waals surface area (Å²) in [7, 11) is 0. The molecule has 0 aliphatic heterocycles. The summed E-state index contributed by atoms with van der Waals surface area (Å²) in [5.74, 6) is -1.79. The Bertz CT molecular complexity index is 1180. The normalized spacial score (nSPS) is 13.0. The summed E-state index contributed by atoms with van der Waals surface area (Å²) in [6, 6.07) is 14.2. The maximum Gasteiger partial charge on any atom is 0.416 e. The summed E-state index contributed by atoms with van der Waals surface area (Å²) in [6.07, 6.45) is -8.58. The molecule has 0 bridgehead atoms. The molecule has 0 aromatic heterocycles. The number of hydrogen-bond acceptors (Lipinski definition) is 2. The Balaban J connectivity index is 1.96. The van der Waals surface area contributed by atoms with Crippen molar-refractivity contribution in [2.75, 3.05) is 5.32 Å². The van der Waals surface area contributed by atoms with Crippen molar-refractivity contribution in [3.8, 4) is 11.1 Å². The molecule has 1 atom stereocenters. The van der Waals surface area contributed by atoms with E-state index in [4.69, 9.17) is 0 Å². The average Bonchev–Trinajstić information content (AvgIpc) is 2.80. The van der Waals surface area contributed by atoms with Gasteiger partial charge in [-0.3, -0.25) is 4.79 Å². The third-order valence-electron chi connectivity index (χ3n) is 5.69. The van der Waals surface area contributed by atoms with Crippen molar-refractivity contribution in [3.63, 3.8) is 0 Å². The van der Waals surface area contributed by atoms with Gasteiger partial charge >= 0.3 is 18.3 Å². The number of rotatable bonds is 8. The highest BCUT2D eigenvalue weighted by Gasteiger charge is 2.31. The number of carbonyl (C=O) groups is 1. The molecule has 192 valence electrons. The van der Waals surface area contributed by atoms with Crippen molar-refractivity contribution in [2.24, 2.45) is 5.92 Å². The van der Waals surface area contributed by atoms with Gasteiger partial charge in [-0.2, -0.15) is 26.3 Å². The van der Waals surface area contributed by atoms with Gasteiger partial charge in [-0.25, -0.2) is 0 Å². The first kappa shape index (κ1) is 27.1. The van der Waals surface area contributed by atoms with E-state index in [1.807, 2.05) is 13.8 Å². The minimum absolute atomic E-state index is 0.0735. The topological polar surface area (TPSA) is 49.3 Å². The van der Waals surface area contributed by atoms with E-state index >= 15 is 0 Å². The zero-order chi connectivity index (χ0) is 26.7. The van der Waals surface area contributed by atoms with Gasteiger partial charge in [0, 0.05) is 12.2 Å². The van der Waals surface area contributed by atoms with Crippen LogP contribution in [0.2, 0.25) is 0 Å². The lowest BCUT2D eigenvalue weighted by Crippen LogP contribution is -2.14. The Morgan fingerprint density at radius 3 is 1.81 bits per heavy atom. The monoisotopic (exact) mass is 509 g/mol. The van der Waals surface area contributed by atoms with Crippen molar-refractivity contribution in [1.29, 1.82) is 0 Å². The molecule has 0 aliphatic rings. The molecule has 0 amide bonds. The summed E-state index contributed by atoms with van der Waals surface area (Å²) in [4.78, 5) is 12.0. The van der Waals surface area contributed by atoms with Gasteiger partial charge in [0.05, 0.1) is 17.0 Å². The SMILES string of the molecule is CC(C)CC(C(=O)O)c1cc(NCc2ccc(C(F)(F)F)cc2)cc(-c2ccc(C(F)(F)F)cc2)c1. The van der Waals surface area contributed by atoms with Crippen LogP contribution in [0.15, 0.2) is 66.7 Å². The zero-order valence-corrected chi connectivity index (χ0v) is 19.5. The van der Waals surface area contributed by atoms with E-state index in [9.17, 15) is 36.2 Å². The molecule has 0 radical (unpaired) electrons. The Morgan fingerprint density at radius 1 is 0.806 bits per heavy atom. The Labute approximate surface area is 204 Å². The third-order valence-corrected chi connectivity index (χ3v) is 5.69. The summed E-state index contributed by atoms with van der Waals surface area (Å²) in [5.41, 5.74) is 0.964. The molecular formula is C27H25F6NO2. The highest BCUT2D eigenvalue weighted by molar-refractivity contribution is 5.79. The first-order chi connectivity index (χ1) is 16.7. The second-order valence-electron chi connectivity index (χ2n) is 8.99. The number of halogens is 6. The highest BCUT2D eigenvalue weighted by Crippen LogP contribution is 2.35. The standard InChI is InChI=1S/C27H25F6NO2/c1-16(2)11-24(25(35)36)20-12-19(18-5-9-22(10-6-18)27(31,32)33)13-23(14-20)34-15-17-3-7-21(8-4-17)26(28,29)30/h3-10,12-14,16,24,34H,11,15H2,1-2H3,(H,35,36). The predicted molar refractivity (Wildman–Crippen MR) is 125 cm³/mol. The molecule has 3 aromatic rings. The van der Waals surface area contributed by atoms with Crippen LogP contribution >= 0.6 is 0 Å². The second-order valence-corrected chi connectivity index (χ2v) is 8.99. The van der Waals surface area contributed by atoms with Crippen molar-refractivity contribution < 1.29 is 36.2 Å². The number of hydrogen-bond donors (Lipinski definition) is 2. The highest BCUT2D eigenvalue weighted by atomic mass is 19.4. The number of nitrogens with one attached hydrogen (secondary N) is 1. The van der Waals surface area contributed by atoms with Crippen LogP contribution in [0.25, 0.3) is 11.1 Å². The average molecular weight is 509 g/mol. The molecule has 0 aliphatic carbocycles. The second kappa shape index (κ2) is 10.6. The summed E-state index contributed by atoms with van der Waals surface area (Å²) >= 11 is 0. The molecule has 0 saturated carbocycles. The minimum Gasteiger partial charge on any atom is -0.481 e. The molecule has 3 nitrogen and oxygen atoms in total. The van der Waals surface area contributed by atoms with E-state index in [2.05, 4.69) is 5.32 Å². The lowest BCUT2D eigenvalue weighted by atomic mass is 9.88. The van der Waals surface area contributed by atoms with Crippen molar-refractivity contribution >= 4 is 11.7 Å². The van der Waals surface area contributed by atoms with Crippen LogP contribution in [-0.4, -0.2) is 11.1 Å². The van der Waals surface area contributed by atoms with Gasteiger partial charge in [0.15, 0.2) is 0 Å². The van der Waals surface area contributed by atoms with Crippen LogP contribution in [-0.2, 0) is 23.7 Å². The van der Waals surface area contributed by atoms with E-state index in [1.54, 1.807) is 18.2 Å². The smallest absolute Gasteiger partial charge is 0.416 e. The first-order valence-corrected chi connectivity index (χ1v) is 11.2. The number of benzene rings is 3. The van der Waals surface area contributed by atoms with E-state index < -0.39 is 35.4 Å². The van der Waals surface area contributed by atoms with Crippen molar-refractivity contribution in [1.82, 2.24) is 0 Å². The molecule has 0 saturated heterocycles. The van der Waals surface area contributed by atoms with E-state index in [0.717, 1.165) is 24.3 Å². The van der Waals surface area contributed by atoms with Gasteiger partial charge in [-0.1, -0.05) is 44.2 Å². The molecular weight excluding hydrogens is 484 g/mol. The number of anilines is 1. The number of alkyl halides is 6. The fourth-order valence-corrected chi connectivity index (χ4v) is 3.84. The van der Waals surface area contributed by atoms with Gasteiger partial charge in [0.1, 0.15) is 0 Å². The number of carboxylic acid groups (broad SMARTS) is 1. The van der Waals surface area contributed by atoms with Crippen molar-refractivity contribution in [2.45, 2.75) is 45.1 Å². The first-order valence-electron chi connectivity index (χ1n) is 11.2. The molecule has 36 heavy (non-hydrogen) atoms. The van der Waals surface area contributed by atoms with Crippen LogP contribution in [0.1, 0.15) is 48.4 Å².